The molecule has 1 saturated carbocycles. The smallest absolute Gasteiger partial charge is 0.146 e. The first-order valence-corrected chi connectivity index (χ1v) is 6.40. The van der Waals surface area contributed by atoms with Gasteiger partial charge in [0.15, 0.2) is 0 Å². The number of hydrogen-bond donors (Lipinski definition) is 1. The van der Waals surface area contributed by atoms with Gasteiger partial charge in [-0.2, -0.15) is 0 Å². The number of nitrogens with two attached hydrogens (primary N) is 1. The Morgan fingerprint density at radius 1 is 1.00 bits per heavy atom. The molecule has 0 saturated heterocycles. The van der Waals surface area contributed by atoms with E-state index in [-0.39, 0.29) is 11.5 Å². The summed E-state index contributed by atoms with van der Waals surface area (Å²) in [6.07, 6.45) is 3.92. The van der Waals surface area contributed by atoms with Gasteiger partial charge in [-0.15, -0.1) is 0 Å². The zero-order valence-corrected chi connectivity index (χ0v) is 10.2. The summed E-state index contributed by atoms with van der Waals surface area (Å²) in [5.74, 6) is 0.375. The van der Waals surface area contributed by atoms with Crippen molar-refractivity contribution in [3.05, 3.63) is 53.8 Å². The highest BCUT2D eigenvalue weighted by Gasteiger charge is 2.19. The minimum Gasteiger partial charge on any atom is -0.396 e. The predicted octanol–water partition coefficient (Wildman–Crippen LogP) is 4.34. The Kier molecular flexibility index (Phi) is 2.78. The number of para-hydroxylation sites is 1. The lowest BCUT2D eigenvalue weighted by Crippen LogP contribution is -2.08. The molecule has 2 heteroatoms. The minimum atomic E-state index is -0.351. The molecule has 18 heavy (non-hydrogen) atoms. The number of nitrogen functional groups attached to an aromatic ring is 1. The number of benzene rings is 2. The first-order chi connectivity index (χ1) is 8.75. The van der Waals surface area contributed by atoms with E-state index in [0.29, 0.717) is 0 Å². The third kappa shape index (κ3) is 1.88. The second-order valence-electron chi connectivity index (χ2n) is 4.95. The summed E-state index contributed by atoms with van der Waals surface area (Å²) >= 11 is 0. The summed E-state index contributed by atoms with van der Waals surface area (Å²) in [7, 11) is 0. The topological polar surface area (TPSA) is 26.0 Å². The standard InChI is InChI=1S/C16H16FN/c17-15-6-2-5-14(16(15)18)13-9-7-12(8-10-13)11-3-1-4-11/h2,5-11H,1,3-4,18H2. The van der Waals surface area contributed by atoms with E-state index in [1.54, 1.807) is 6.07 Å². The molecule has 2 N–H and O–H groups in total. The first kappa shape index (κ1) is 11.3. The summed E-state index contributed by atoms with van der Waals surface area (Å²) in [6, 6.07) is 13.3. The average Bonchev–Trinajstić information content (AvgIpc) is 2.32. The van der Waals surface area contributed by atoms with Crippen molar-refractivity contribution < 1.29 is 4.39 Å². The lowest BCUT2D eigenvalue weighted by Gasteiger charge is -2.25. The van der Waals surface area contributed by atoms with Gasteiger partial charge < -0.3 is 5.73 Å². The van der Waals surface area contributed by atoms with Crippen molar-refractivity contribution in [3.63, 3.8) is 0 Å². The van der Waals surface area contributed by atoms with Crippen LogP contribution in [0.2, 0.25) is 0 Å². The van der Waals surface area contributed by atoms with Crippen LogP contribution in [0.5, 0.6) is 0 Å². The Bertz CT molecular complexity index is 556. The van der Waals surface area contributed by atoms with Crippen LogP contribution in [-0.2, 0) is 0 Å². The summed E-state index contributed by atoms with van der Waals surface area (Å²) < 4.78 is 13.4. The number of halogens is 1. The summed E-state index contributed by atoms with van der Waals surface area (Å²) in [5, 5.41) is 0. The van der Waals surface area contributed by atoms with E-state index in [9.17, 15) is 4.39 Å². The van der Waals surface area contributed by atoms with Crippen molar-refractivity contribution in [1.82, 2.24) is 0 Å². The Morgan fingerprint density at radius 3 is 2.33 bits per heavy atom. The Hall–Kier alpha value is -1.83. The van der Waals surface area contributed by atoms with Crippen LogP contribution >= 0.6 is 0 Å². The molecule has 2 aromatic carbocycles. The van der Waals surface area contributed by atoms with Gasteiger partial charge in [0.25, 0.3) is 0 Å². The highest BCUT2D eigenvalue weighted by atomic mass is 19.1. The van der Waals surface area contributed by atoms with Crippen LogP contribution in [0.4, 0.5) is 10.1 Å². The van der Waals surface area contributed by atoms with Crippen LogP contribution in [0.15, 0.2) is 42.5 Å². The maximum Gasteiger partial charge on any atom is 0.146 e. The van der Waals surface area contributed by atoms with Crippen molar-refractivity contribution in [2.24, 2.45) is 0 Å². The molecule has 0 radical (unpaired) electrons. The zero-order chi connectivity index (χ0) is 12.5. The monoisotopic (exact) mass is 241 g/mol. The molecule has 0 unspecified atom stereocenters. The average molecular weight is 241 g/mol. The van der Waals surface area contributed by atoms with Crippen LogP contribution in [0, 0.1) is 5.82 Å². The van der Waals surface area contributed by atoms with Crippen LogP contribution < -0.4 is 5.73 Å². The zero-order valence-electron chi connectivity index (χ0n) is 10.2. The van der Waals surface area contributed by atoms with Crippen molar-refractivity contribution >= 4 is 5.69 Å². The fourth-order valence-corrected chi connectivity index (χ4v) is 2.47. The van der Waals surface area contributed by atoms with E-state index >= 15 is 0 Å². The molecule has 92 valence electrons. The van der Waals surface area contributed by atoms with E-state index in [1.165, 1.54) is 30.9 Å². The van der Waals surface area contributed by atoms with E-state index in [2.05, 4.69) is 12.1 Å². The molecule has 1 aliphatic carbocycles. The number of rotatable bonds is 2. The molecule has 1 fully saturated rings. The normalized spacial score (nSPS) is 15.4. The summed E-state index contributed by atoms with van der Waals surface area (Å²) in [6.45, 7) is 0. The molecule has 2 aromatic rings. The van der Waals surface area contributed by atoms with Crippen LogP contribution in [0.1, 0.15) is 30.7 Å². The molecule has 0 spiro atoms. The van der Waals surface area contributed by atoms with E-state index in [1.807, 2.05) is 18.2 Å². The maximum atomic E-state index is 13.4. The second-order valence-corrected chi connectivity index (χ2v) is 4.95. The largest absolute Gasteiger partial charge is 0.396 e. The van der Waals surface area contributed by atoms with Crippen molar-refractivity contribution in [1.29, 1.82) is 0 Å². The SMILES string of the molecule is Nc1c(F)cccc1-c1ccc(C2CCC2)cc1. The van der Waals surface area contributed by atoms with Gasteiger partial charge in [-0.3, -0.25) is 0 Å². The van der Waals surface area contributed by atoms with Gasteiger partial charge in [0.05, 0.1) is 5.69 Å². The molecule has 0 atom stereocenters. The van der Waals surface area contributed by atoms with Gasteiger partial charge in [-0.1, -0.05) is 42.8 Å². The van der Waals surface area contributed by atoms with Gasteiger partial charge in [0.2, 0.25) is 0 Å². The fourth-order valence-electron chi connectivity index (χ4n) is 2.47. The van der Waals surface area contributed by atoms with Gasteiger partial charge in [-0.05, 0) is 36.0 Å². The molecule has 1 nitrogen and oxygen atoms in total. The highest BCUT2D eigenvalue weighted by molar-refractivity contribution is 5.76. The Balaban J connectivity index is 1.94. The summed E-state index contributed by atoms with van der Waals surface area (Å²) in [4.78, 5) is 0. The minimum absolute atomic E-state index is 0.230. The Morgan fingerprint density at radius 2 is 1.72 bits per heavy atom. The molecule has 1 aliphatic rings. The van der Waals surface area contributed by atoms with E-state index < -0.39 is 0 Å². The second kappa shape index (κ2) is 4.45. The Labute approximate surface area is 106 Å². The van der Waals surface area contributed by atoms with Crippen molar-refractivity contribution in [2.75, 3.05) is 5.73 Å². The maximum absolute atomic E-state index is 13.4. The molecule has 0 bridgehead atoms. The number of anilines is 1. The van der Waals surface area contributed by atoms with Crippen molar-refractivity contribution in [3.8, 4) is 11.1 Å². The van der Waals surface area contributed by atoms with Gasteiger partial charge >= 0.3 is 0 Å². The van der Waals surface area contributed by atoms with Crippen molar-refractivity contribution in [2.45, 2.75) is 25.2 Å². The van der Waals surface area contributed by atoms with Crippen LogP contribution in [0.25, 0.3) is 11.1 Å². The summed E-state index contributed by atoms with van der Waals surface area (Å²) in [5.41, 5.74) is 9.15. The molecular formula is C16H16FN. The first-order valence-electron chi connectivity index (χ1n) is 6.40. The molecule has 3 rings (SSSR count). The molecule has 0 aliphatic heterocycles. The molecular weight excluding hydrogens is 225 g/mol. The predicted molar refractivity (Wildman–Crippen MR) is 72.8 cm³/mol. The molecule has 0 amide bonds. The lowest BCUT2D eigenvalue weighted by molar-refractivity contribution is 0.420. The van der Waals surface area contributed by atoms with Gasteiger partial charge in [0, 0.05) is 5.56 Å². The van der Waals surface area contributed by atoms with Gasteiger partial charge in [-0.25, -0.2) is 4.39 Å². The third-order valence-corrected chi connectivity index (χ3v) is 3.85. The van der Waals surface area contributed by atoms with Crippen LogP contribution in [-0.4, -0.2) is 0 Å². The van der Waals surface area contributed by atoms with Crippen LogP contribution in [0.3, 0.4) is 0 Å². The quantitative estimate of drug-likeness (QED) is 0.777. The molecule has 0 heterocycles. The van der Waals surface area contributed by atoms with E-state index in [4.69, 9.17) is 5.73 Å². The van der Waals surface area contributed by atoms with Gasteiger partial charge in [0.1, 0.15) is 5.82 Å². The fraction of sp³-hybridized carbons (Fsp3) is 0.250. The molecule has 0 aromatic heterocycles. The van der Waals surface area contributed by atoms with E-state index in [0.717, 1.165) is 17.0 Å². The third-order valence-electron chi connectivity index (χ3n) is 3.85. The number of hydrogen-bond acceptors (Lipinski definition) is 1. The highest BCUT2D eigenvalue weighted by Crippen LogP contribution is 2.37. The lowest BCUT2D eigenvalue weighted by atomic mass is 9.80.